The zero-order valence-corrected chi connectivity index (χ0v) is 11.7. The van der Waals surface area contributed by atoms with Gasteiger partial charge in [-0.25, -0.2) is 0 Å². The Bertz CT molecular complexity index is 758. The monoisotopic (exact) mass is 292 g/mol. The number of carbonyl (C=O) groups excluding carboxylic acids is 4. The van der Waals surface area contributed by atoms with E-state index in [0.29, 0.717) is 12.8 Å². The second-order valence-corrected chi connectivity index (χ2v) is 5.84. The summed E-state index contributed by atoms with van der Waals surface area (Å²) in [5, 5.41) is 0. The molecule has 0 heterocycles. The van der Waals surface area contributed by atoms with Gasteiger partial charge in [0.2, 0.25) is 0 Å². The highest BCUT2D eigenvalue weighted by atomic mass is 16.2. The lowest BCUT2D eigenvalue weighted by molar-refractivity contribution is -0.130. The molecule has 4 heteroatoms. The molecule has 4 nitrogen and oxygen atoms in total. The van der Waals surface area contributed by atoms with Crippen molar-refractivity contribution < 1.29 is 19.2 Å². The summed E-state index contributed by atoms with van der Waals surface area (Å²) in [5.41, 5.74) is 0.0601. The molecule has 0 unspecified atom stereocenters. The van der Waals surface area contributed by atoms with Crippen LogP contribution in [0, 0.1) is 11.8 Å². The zero-order valence-electron chi connectivity index (χ0n) is 11.7. The van der Waals surface area contributed by atoms with Crippen LogP contribution in [0.1, 0.15) is 33.6 Å². The molecule has 1 aromatic carbocycles. The van der Waals surface area contributed by atoms with Crippen LogP contribution in [0.2, 0.25) is 0 Å². The summed E-state index contributed by atoms with van der Waals surface area (Å²) in [5.74, 6) is -2.68. The Hall–Kier alpha value is -2.62. The maximum absolute atomic E-state index is 12.7. The summed E-state index contributed by atoms with van der Waals surface area (Å²) in [7, 11) is 0. The normalized spacial score (nSPS) is 26.7. The van der Waals surface area contributed by atoms with Gasteiger partial charge in [0.1, 0.15) is 0 Å². The van der Waals surface area contributed by atoms with Gasteiger partial charge in [-0.05, 0) is 12.8 Å². The maximum Gasteiger partial charge on any atom is 0.198 e. The van der Waals surface area contributed by atoms with E-state index in [1.165, 1.54) is 12.1 Å². The molecule has 22 heavy (non-hydrogen) atoms. The van der Waals surface area contributed by atoms with E-state index in [2.05, 4.69) is 0 Å². The van der Waals surface area contributed by atoms with Crippen LogP contribution in [-0.4, -0.2) is 23.1 Å². The van der Waals surface area contributed by atoms with Crippen molar-refractivity contribution in [1.82, 2.24) is 0 Å². The highest BCUT2D eigenvalue weighted by molar-refractivity contribution is 6.45. The Morgan fingerprint density at radius 3 is 1.50 bits per heavy atom. The number of benzene rings is 1. The fourth-order valence-electron chi connectivity index (χ4n) is 3.61. The van der Waals surface area contributed by atoms with Gasteiger partial charge in [0, 0.05) is 23.0 Å². The third-order valence-corrected chi connectivity index (χ3v) is 4.72. The molecule has 0 saturated heterocycles. The van der Waals surface area contributed by atoms with Gasteiger partial charge in [-0.1, -0.05) is 36.4 Å². The van der Waals surface area contributed by atoms with Crippen LogP contribution in [0.3, 0.4) is 0 Å². The fourth-order valence-corrected chi connectivity index (χ4v) is 3.61. The van der Waals surface area contributed by atoms with Gasteiger partial charge < -0.3 is 0 Å². The third-order valence-electron chi connectivity index (χ3n) is 4.72. The molecule has 0 amide bonds. The summed E-state index contributed by atoms with van der Waals surface area (Å²) < 4.78 is 0. The molecule has 2 atom stereocenters. The summed E-state index contributed by atoms with van der Waals surface area (Å²) in [4.78, 5) is 50.6. The van der Waals surface area contributed by atoms with Gasteiger partial charge in [-0.15, -0.1) is 0 Å². The summed E-state index contributed by atoms with van der Waals surface area (Å²) in [6.07, 6.45) is 4.63. The molecule has 0 fully saturated rings. The van der Waals surface area contributed by atoms with Gasteiger partial charge >= 0.3 is 0 Å². The van der Waals surface area contributed by atoms with E-state index in [0.717, 1.165) is 0 Å². The molecule has 0 aromatic heterocycles. The highest BCUT2D eigenvalue weighted by Crippen LogP contribution is 2.40. The summed E-state index contributed by atoms with van der Waals surface area (Å²) >= 11 is 0. The van der Waals surface area contributed by atoms with Gasteiger partial charge in [0.05, 0.1) is 11.1 Å². The van der Waals surface area contributed by atoms with Crippen LogP contribution in [0.25, 0.3) is 0 Å². The molecule has 0 N–H and O–H groups in total. The SMILES string of the molecule is O=C1C2=C(C(=O)c3ccccc31)C(=O)[C@H]1CC=CC[C@@H]1C2=O. The predicted molar refractivity (Wildman–Crippen MR) is 77.5 cm³/mol. The van der Waals surface area contributed by atoms with E-state index < -0.39 is 23.4 Å². The van der Waals surface area contributed by atoms with Crippen LogP contribution < -0.4 is 0 Å². The number of carbonyl (C=O) groups is 4. The van der Waals surface area contributed by atoms with E-state index in [1.54, 1.807) is 12.1 Å². The Labute approximate surface area is 126 Å². The van der Waals surface area contributed by atoms with Crippen LogP contribution in [0.4, 0.5) is 0 Å². The molecule has 0 radical (unpaired) electrons. The van der Waals surface area contributed by atoms with Gasteiger partial charge in [0.25, 0.3) is 0 Å². The Balaban J connectivity index is 1.95. The van der Waals surface area contributed by atoms with E-state index in [9.17, 15) is 19.2 Å². The minimum atomic E-state index is -0.502. The lowest BCUT2D eigenvalue weighted by Crippen LogP contribution is -2.44. The highest BCUT2D eigenvalue weighted by Gasteiger charge is 2.49. The number of allylic oxidation sites excluding steroid dienone is 4. The van der Waals surface area contributed by atoms with E-state index in [4.69, 9.17) is 0 Å². The number of rotatable bonds is 0. The Morgan fingerprint density at radius 2 is 1.09 bits per heavy atom. The third kappa shape index (κ3) is 1.52. The maximum atomic E-state index is 12.7. The van der Waals surface area contributed by atoms with Crippen molar-refractivity contribution in [2.75, 3.05) is 0 Å². The fraction of sp³-hybridized carbons (Fsp3) is 0.222. The standard InChI is InChI=1S/C18H12O4/c19-15-9-5-1-2-6-10(9)16(20)14-13(15)17(21)11-7-3-4-8-12(11)18(14)22/h1-6,11-12H,7-8H2/t11-,12-/m0/s1. The number of ketones is 4. The van der Waals surface area contributed by atoms with Crippen LogP contribution in [-0.2, 0) is 9.59 Å². The molecule has 3 aliphatic rings. The van der Waals surface area contributed by atoms with Gasteiger partial charge in [0.15, 0.2) is 23.1 Å². The molecule has 0 spiro atoms. The molecule has 0 aliphatic heterocycles. The van der Waals surface area contributed by atoms with Crippen molar-refractivity contribution >= 4 is 23.1 Å². The average Bonchev–Trinajstić information content (AvgIpc) is 2.56. The minimum Gasteiger partial charge on any atom is -0.294 e. The minimum absolute atomic E-state index is 0.190. The quantitative estimate of drug-likeness (QED) is 0.542. The average molecular weight is 292 g/mol. The number of hydrogen-bond acceptors (Lipinski definition) is 4. The molecule has 0 bridgehead atoms. The lowest BCUT2D eigenvalue weighted by atomic mass is 9.65. The van der Waals surface area contributed by atoms with E-state index >= 15 is 0 Å². The van der Waals surface area contributed by atoms with Crippen LogP contribution >= 0.6 is 0 Å². The topological polar surface area (TPSA) is 68.3 Å². The second-order valence-electron chi connectivity index (χ2n) is 5.84. The molecule has 1 aromatic rings. The van der Waals surface area contributed by atoms with Crippen molar-refractivity contribution in [1.29, 1.82) is 0 Å². The van der Waals surface area contributed by atoms with Crippen molar-refractivity contribution in [2.45, 2.75) is 12.8 Å². The largest absolute Gasteiger partial charge is 0.294 e. The first-order chi connectivity index (χ1) is 10.6. The predicted octanol–water partition coefficient (Wildman–Crippen LogP) is 2.10. The Kier molecular flexibility index (Phi) is 2.64. The van der Waals surface area contributed by atoms with Crippen molar-refractivity contribution in [2.24, 2.45) is 11.8 Å². The number of hydrogen-bond donors (Lipinski definition) is 0. The molecular weight excluding hydrogens is 280 g/mol. The zero-order chi connectivity index (χ0) is 15.4. The lowest BCUT2D eigenvalue weighted by Gasteiger charge is -2.34. The van der Waals surface area contributed by atoms with E-state index in [-0.39, 0.29) is 33.8 Å². The first-order valence-corrected chi connectivity index (χ1v) is 7.27. The molecule has 3 aliphatic carbocycles. The summed E-state index contributed by atoms with van der Waals surface area (Å²) in [6, 6.07) is 6.36. The van der Waals surface area contributed by atoms with Crippen molar-refractivity contribution in [3.05, 3.63) is 58.7 Å². The van der Waals surface area contributed by atoms with Gasteiger partial charge in [-0.2, -0.15) is 0 Å². The molecular formula is C18H12O4. The van der Waals surface area contributed by atoms with Crippen LogP contribution in [0.5, 0.6) is 0 Å². The number of Topliss-reactive ketones (excluding diaryl/α,β-unsaturated/α-hetero) is 4. The van der Waals surface area contributed by atoms with Crippen LogP contribution in [0.15, 0.2) is 47.6 Å². The van der Waals surface area contributed by atoms with Gasteiger partial charge in [-0.3, -0.25) is 19.2 Å². The first kappa shape index (κ1) is 13.1. The number of fused-ring (bicyclic) bond motifs is 2. The smallest absolute Gasteiger partial charge is 0.198 e. The summed E-state index contributed by atoms with van der Waals surface area (Å²) in [6.45, 7) is 0. The first-order valence-electron chi connectivity index (χ1n) is 7.27. The molecule has 108 valence electrons. The molecule has 4 rings (SSSR count). The molecule has 0 saturated carbocycles. The van der Waals surface area contributed by atoms with Crippen molar-refractivity contribution in [3.63, 3.8) is 0 Å². The van der Waals surface area contributed by atoms with Crippen molar-refractivity contribution in [3.8, 4) is 0 Å². The van der Waals surface area contributed by atoms with E-state index in [1.807, 2.05) is 12.2 Å². The Morgan fingerprint density at radius 1 is 0.682 bits per heavy atom. The second kappa shape index (κ2) is 4.44.